The molecule has 0 saturated heterocycles. The van der Waals surface area contributed by atoms with Crippen molar-refractivity contribution in [2.45, 2.75) is 0 Å². The number of aromatic nitrogens is 6. The van der Waals surface area contributed by atoms with Gasteiger partial charge in [0.25, 0.3) is 0 Å². The Hall–Kier alpha value is -5.51. The summed E-state index contributed by atoms with van der Waals surface area (Å²) < 4.78 is 0. The van der Waals surface area contributed by atoms with E-state index in [0.717, 1.165) is 0 Å². The highest BCUT2D eigenvalue weighted by molar-refractivity contribution is 6.26. The molecule has 0 radical (unpaired) electrons. The summed E-state index contributed by atoms with van der Waals surface area (Å²) in [5.74, 6) is -1.07. The van der Waals surface area contributed by atoms with Gasteiger partial charge in [0.2, 0.25) is 17.3 Å². The molecule has 0 aliphatic carbocycles. The van der Waals surface area contributed by atoms with Crippen molar-refractivity contribution < 1.29 is 0 Å². The zero-order valence-electron chi connectivity index (χ0n) is 14.0. The number of rotatable bonds is 0. The highest BCUT2D eigenvalue weighted by Gasteiger charge is 2.25. The monoisotopic (exact) mass is 374 g/mol. The van der Waals surface area contributed by atoms with E-state index >= 15 is 0 Å². The Kier molecular flexibility index (Phi) is 3.52. The Balaban J connectivity index is 2.52. The fourth-order valence-electron chi connectivity index (χ4n) is 2.92. The molecular weight excluding hydrogens is 372 g/mol. The first kappa shape index (κ1) is 16.9. The highest BCUT2D eigenvalue weighted by Crippen LogP contribution is 2.37. The largest absolute Gasteiger partial charge is 0.394 e. The van der Waals surface area contributed by atoms with E-state index in [1.807, 2.05) is 12.1 Å². The molecule has 3 heterocycles. The molecular formula is C17H2N12. The lowest BCUT2D eigenvalue weighted by atomic mass is 10.0. The van der Waals surface area contributed by atoms with E-state index in [4.69, 9.17) is 12.3 Å². The summed E-state index contributed by atoms with van der Waals surface area (Å²) in [6.45, 7) is 7.18. The van der Waals surface area contributed by atoms with Gasteiger partial charge in [0.15, 0.2) is 5.69 Å². The molecule has 3 aromatic heterocycles. The van der Waals surface area contributed by atoms with E-state index in [9.17, 15) is 21.0 Å². The van der Waals surface area contributed by atoms with Crippen molar-refractivity contribution in [2.24, 2.45) is 0 Å². The van der Waals surface area contributed by atoms with Gasteiger partial charge < -0.3 is 10.6 Å². The first-order chi connectivity index (χ1) is 14.1. The lowest BCUT2D eigenvalue weighted by Gasteiger charge is -2.10. The Morgan fingerprint density at radius 3 is 1.72 bits per heavy atom. The van der Waals surface area contributed by atoms with Gasteiger partial charge in [-0.2, -0.15) is 21.0 Å². The summed E-state index contributed by atoms with van der Waals surface area (Å²) in [7, 11) is 0. The maximum atomic E-state index is 9.57. The number of fused-ring (bicyclic) bond motifs is 6. The van der Waals surface area contributed by atoms with Crippen LogP contribution in [0.1, 0.15) is 23.0 Å². The Labute approximate surface area is 160 Å². The smallest absolute Gasteiger partial charge is 0.373 e. The summed E-state index contributed by atoms with van der Waals surface area (Å²) in [6.07, 6.45) is 0. The summed E-state index contributed by atoms with van der Waals surface area (Å²) in [4.78, 5) is 27.2. The topological polar surface area (TPSA) is 203 Å². The quantitative estimate of drug-likeness (QED) is 0.341. The molecule has 0 amide bonds. The van der Waals surface area contributed by atoms with E-state index in [0.29, 0.717) is 0 Å². The molecule has 0 fully saturated rings. The molecule has 2 N–H and O–H groups in total. The Morgan fingerprint density at radius 2 is 1.17 bits per heavy atom. The van der Waals surface area contributed by atoms with Gasteiger partial charge in [-0.15, -0.1) is 16.5 Å². The molecule has 0 aliphatic rings. The molecule has 0 atom stereocenters. The third-order valence-corrected chi connectivity index (χ3v) is 3.97. The van der Waals surface area contributed by atoms with Crippen LogP contribution >= 0.6 is 0 Å². The summed E-state index contributed by atoms with van der Waals surface area (Å²) in [5.41, 5.74) is 5.69. The van der Waals surface area contributed by atoms with Crippen LogP contribution < -0.4 is 5.73 Å². The third-order valence-electron chi connectivity index (χ3n) is 3.97. The van der Waals surface area contributed by atoms with E-state index < -0.39 is 0 Å². The minimum Gasteiger partial charge on any atom is -0.394 e. The molecule has 0 spiro atoms. The minimum absolute atomic E-state index is 0.00525. The van der Waals surface area contributed by atoms with Crippen LogP contribution in [0.2, 0.25) is 0 Å². The molecule has 0 saturated carbocycles. The van der Waals surface area contributed by atoms with Gasteiger partial charge in [-0.3, -0.25) is 0 Å². The maximum Gasteiger partial charge on any atom is 0.373 e. The number of hydrogen-bond donors (Lipinski definition) is 1. The standard InChI is InChI=1S/C17H2N12/c1-23-17-25-7(3-19)11-13-10(6(2-18)24-8(4-20)26-13)14-12(15(11)29-17)16(22)28-9(5-21)27-14/h(H2,22,27,28). The van der Waals surface area contributed by atoms with Gasteiger partial charge in [-0.25, -0.2) is 19.9 Å². The number of nitrogen functional groups attached to an aromatic ring is 1. The van der Waals surface area contributed by atoms with Gasteiger partial charge in [-0.1, -0.05) is 0 Å². The molecule has 0 unspecified atom stereocenters. The molecule has 0 aliphatic heterocycles. The van der Waals surface area contributed by atoms with Crippen molar-refractivity contribution in [3.63, 3.8) is 0 Å². The van der Waals surface area contributed by atoms with Crippen molar-refractivity contribution in [3.8, 4) is 24.3 Å². The first-order valence-electron chi connectivity index (χ1n) is 7.56. The highest BCUT2D eigenvalue weighted by atomic mass is 15.0. The molecule has 29 heavy (non-hydrogen) atoms. The van der Waals surface area contributed by atoms with Gasteiger partial charge in [0, 0.05) is 0 Å². The van der Waals surface area contributed by atoms with Crippen molar-refractivity contribution >= 4 is 44.5 Å². The van der Waals surface area contributed by atoms with Crippen molar-refractivity contribution in [1.82, 2.24) is 29.9 Å². The van der Waals surface area contributed by atoms with Crippen molar-refractivity contribution in [1.29, 1.82) is 21.0 Å². The Bertz CT molecular complexity index is 1550. The zero-order chi connectivity index (χ0) is 20.7. The molecule has 1 aromatic carbocycles. The second-order valence-corrected chi connectivity index (χ2v) is 5.43. The normalized spacial score (nSPS) is 10.0. The van der Waals surface area contributed by atoms with Crippen LogP contribution in [0, 0.1) is 51.9 Å². The summed E-state index contributed by atoms with van der Waals surface area (Å²) >= 11 is 0. The second-order valence-electron chi connectivity index (χ2n) is 5.43. The number of benzene rings is 1. The molecule has 0 bridgehead atoms. The van der Waals surface area contributed by atoms with Gasteiger partial charge >= 0.3 is 5.95 Å². The summed E-state index contributed by atoms with van der Waals surface area (Å²) in [5, 5.41) is 37.8. The number of nitrogens with two attached hydrogens (primary N) is 1. The van der Waals surface area contributed by atoms with Gasteiger partial charge in [-0.05, 0) is 0 Å². The predicted octanol–water partition coefficient (Wildman–Crippen LogP) is 1.14. The Morgan fingerprint density at radius 1 is 0.655 bits per heavy atom. The number of nitriles is 4. The summed E-state index contributed by atoms with van der Waals surface area (Å²) in [6, 6.07) is 7.23. The zero-order valence-corrected chi connectivity index (χ0v) is 14.0. The molecule has 130 valence electrons. The average molecular weight is 374 g/mol. The number of nitrogens with zero attached hydrogens (tertiary/aromatic N) is 11. The van der Waals surface area contributed by atoms with Crippen molar-refractivity contribution in [3.05, 3.63) is 34.5 Å². The molecule has 12 heteroatoms. The molecule has 12 nitrogen and oxygen atoms in total. The lowest BCUT2D eigenvalue weighted by molar-refractivity contribution is 1.13. The SMILES string of the molecule is [C-]#[N+]c1nc(C#N)c2c(n1)c1c(N)nc(C#N)nc1c1c(C#N)nc(C#N)nc12. The van der Waals surface area contributed by atoms with Crippen LogP contribution in [0.5, 0.6) is 0 Å². The first-order valence-corrected chi connectivity index (χ1v) is 7.56. The third kappa shape index (κ3) is 2.27. The van der Waals surface area contributed by atoms with Gasteiger partial charge in [0.05, 0.1) is 27.2 Å². The van der Waals surface area contributed by atoms with Gasteiger partial charge in [0.1, 0.15) is 35.6 Å². The van der Waals surface area contributed by atoms with E-state index in [1.165, 1.54) is 0 Å². The molecule has 4 rings (SSSR count). The fraction of sp³-hybridized carbons (Fsp3) is 0. The minimum atomic E-state index is -0.325. The predicted molar refractivity (Wildman–Crippen MR) is 95.3 cm³/mol. The van der Waals surface area contributed by atoms with Crippen LogP contribution in [0.25, 0.3) is 37.6 Å². The fourth-order valence-corrected chi connectivity index (χ4v) is 2.92. The number of hydrogen-bond acceptors (Lipinski definition) is 11. The van der Waals surface area contributed by atoms with E-state index in [2.05, 4.69) is 34.7 Å². The maximum absolute atomic E-state index is 9.57. The second kappa shape index (κ2) is 6.03. The van der Waals surface area contributed by atoms with Crippen LogP contribution in [0.15, 0.2) is 0 Å². The van der Waals surface area contributed by atoms with E-state index in [-0.39, 0.29) is 67.5 Å². The van der Waals surface area contributed by atoms with E-state index in [1.54, 1.807) is 12.1 Å². The van der Waals surface area contributed by atoms with Crippen LogP contribution in [-0.4, -0.2) is 29.9 Å². The van der Waals surface area contributed by atoms with Crippen LogP contribution in [0.3, 0.4) is 0 Å². The van der Waals surface area contributed by atoms with Crippen LogP contribution in [-0.2, 0) is 0 Å². The van der Waals surface area contributed by atoms with Crippen LogP contribution in [0.4, 0.5) is 11.8 Å². The number of anilines is 1. The average Bonchev–Trinajstić information content (AvgIpc) is 2.76. The van der Waals surface area contributed by atoms with Crippen molar-refractivity contribution in [2.75, 3.05) is 5.73 Å². The lowest BCUT2D eigenvalue weighted by Crippen LogP contribution is -2.05. The molecule has 4 aromatic rings.